The molecule has 0 saturated carbocycles. The maximum absolute atomic E-state index is 12.4. The lowest BCUT2D eigenvalue weighted by molar-refractivity contribution is -0.153. The first-order valence-corrected chi connectivity index (χ1v) is 4.73. The van der Waals surface area contributed by atoms with Gasteiger partial charge in [-0.25, -0.2) is 9.78 Å². The maximum atomic E-state index is 12.4. The van der Waals surface area contributed by atoms with Gasteiger partial charge in [0.25, 0.3) is 0 Å². The number of hydrogen-bond donors (Lipinski definition) is 0. The van der Waals surface area contributed by atoms with Crippen LogP contribution in [0.25, 0.3) is 0 Å². The van der Waals surface area contributed by atoms with E-state index < -0.39 is 23.6 Å². The third kappa shape index (κ3) is 2.66. The van der Waals surface area contributed by atoms with Gasteiger partial charge in [-0.1, -0.05) is 0 Å². The van der Waals surface area contributed by atoms with E-state index >= 15 is 0 Å². The topological polar surface area (TPSA) is 52.3 Å². The second-order valence-electron chi connectivity index (χ2n) is 2.64. The molecule has 1 aromatic rings. The number of alkyl halides is 4. The molecular formula is C8H7ClF3NO3. The van der Waals surface area contributed by atoms with Gasteiger partial charge in [0.2, 0.25) is 11.7 Å². The number of hydrogen-bond acceptors (Lipinski definition) is 4. The Morgan fingerprint density at radius 1 is 1.56 bits per heavy atom. The molecule has 0 amide bonds. The van der Waals surface area contributed by atoms with E-state index in [0.29, 0.717) is 0 Å². The minimum atomic E-state index is -4.81. The summed E-state index contributed by atoms with van der Waals surface area (Å²) in [4.78, 5) is 14.5. The first kappa shape index (κ1) is 12.8. The molecule has 0 N–H and O–H groups in total. The summed E-state index contributed by atoms with van der Waals surface area (Å²) in [7, 11) is 0. The standard InChI is InChI=1S/C8H7ClF3NO3/c1-2-15-7(14)5-6(8(10,11)12)16-4(3-9)13-5/h2-3H2,1H3. The first-order valence-electron chi connectivity index (χ1n) is 4.20. The van der Waals surface area contributed by atoms with Gasteiger partial charge in [-0.3, -0.25) is 0 Å². The Bertz CT molecular complexity index is 388. The van der Waals surface area contributed by atoms with Crippen molar-refractivity contribution < 1.29 is 27.1 Å². The minimum Gasteiger partial charge on any atom is -0.461 e. The Morgan fingerprint density at radius 3 is 2.62 bits per heavy atom. The molecule has 0 fully saturated rings. The number of esters is 1. The molecule has 90 valence electrons. The van der Waals surface area contributed by atoms with Crippen molar-refractivity contribution in [1.82, 2.24) is 4.98 Å². The SMILES string of the molecule is CCOC(=O)c1nc(CCl)oc1C(F)(F)F. The molecule has 1 heterocycles. The fourth-order valence-corrected chi connectivity index (χ4v) is 1.07. The summed E-state index contributed by atoms with van der Waals surface area (Å²) in [6.45, 7) is 1.41. The Labute approximate surface area is 93.3 Å². The number of aromatic nitrogens is 1. The second kappa shape index (κ2) is 4.73. The molecule has 1 rings (SSSR count). The van der Waals surface area contributed by atoms with Gasteiger partial charge in [-0.15, -0.1) is 11.6 Å². The molecule has 0 unspecified atom stereocenters. The highest BCUT2D eigenvalue weighted by molar-refractivity contribution is 6.16. The molecule has 0 aliphatic heterocycles. The van der Waals surface area contributed by atoms with Crippen LogP contribution in [0.2, 0.25) is 0 Å². The highest BCUT2D eigenvalue weighted by Gasteiger charge is 2.42. The number of nitrogens with zero attached hydrogens (tertiary/aromatic N) is 1. The molecule has 8 heteroatoms. The van der Waals surface area contributed by atoms with Crippen molar-refractivity contribution in [3.05, 3.63) is 17.3 Å². The number of carbonyl (C=O) groups is 1. The molecule has 0 bridgehead atoms. The zero-order chi connectivity index (χ0) is 12.3. The van der Waals surface area contributed by atoms with E-state index in [1.54, 1.807) is 0 Å². The molecule has 1 aromatic heterocycles. The third-order valence-electron chi connectivity index (χ3n) is 1.51. The molecule has 0 radical (unpaired) electrons. The van der Waals surface area contributed by atoms with Gasteiger partial charge in [0, 0.05) is 0 Å². The number of carbonyl (C=O) groups excluding carboxylic acids is 1. The number of rotatable bonds is 3. The van der Waals surface area contributed by atoms with E-state index in [9.17, 15) is 18.0 Å². The maximum Gasteiger partial charge on any atom is 0.452 e. The Kier molecular flexibility index (Phi) is 3.79. The van der Waals surface area contributed by atoms with Crippen LogP contribution in [0.3, 0.4) is 0 Å². The van der Waals surface area contributed by atoms with Crippen LogP contribution in [0.5, 0.6) is 0 Å². The van der Waals surface area contributed by atoms with Crippen LogP contribution in [0, 0.1) is 0 Å². The second-order valence-corrected chi connectivity index (χ2v) is 2.90. The van der Waals surface area contributed by atoms with Crippen molar-refractivity contribution in [3.8, 4) is 0 Å². The summed E-state index contributed by atoms with van der Waals surface area (Å²) < 4.78 is 46.0. The van der Waals surface area contributed by atoms with E-state index in [4.69, 9.17) is 11.6 Å². The Hall–Kier alpha value is -1.24. The van der Waals surface area contributed by atoms with Crippen molar-refractivity contribution in [2.45, 2.75) is 19.0 Å². The fraction of sp³-hybridized carbons (Fsp3) is 0.500. The number of oxazole rings is 1. The van der Waals surface area contributed by atoms with Crippen LogP contribution in [-0.4, -0.2) is 17.6 Å². The van der Waals surface area contributed by atoms with Crippen molar-refractivity contribution >= 4 is 17.6 Å². The molecule has 0 spiro atoms. The highest BCUT2D eigenvalue weighted by Crippen LogP contribution is 2.33. The normalized spacial score (nSPS) is 11.6. The smallest absolute Gasteiger partial charge is 0.452 e. The molecule has 0 atom stereocenters. The quantitative estimate of drug-likeness (QED) is 0.617. The molecule has 4 nitrogen and oxygen atoms in total. The largest absolute Gasteiger partial charge is 0.461 e. The van der Waals surface area contributed by atoms with Gasteiger partial charge in [-0.05, 0) is 6.92 Å². The average molecular weight is 258 g/mol. The predicted octanol–water partition coefficient (Wildman–Crippen LogP) is 2.61. The number of ether oxygens (including phenoxy) is 1. The summed E-state index contributed by atoms with van der Waals surface area (Å²) in [5.41, 5.74) is -0.898. The minimum absolute atomic E-state index is 0.0564. The zero-order valence-corrected chi connectivity index (χ0v) is 8.85. The van der Waals surface area contributed by atoms with Gasteiger partial charge in [-0.2, -0.15) is 13.2 Å². The van der Waals surface area contributed by atoms with Crippen LogP contribution >= 0.6 is 11.6 Å². The van der Waals surface area contributed by atoms with Gasteiger partial charge in [0.1, 0.15) is 0 Å². The molecule has 0 aliphatic rings. The van der Waals surface area contributed by atoms with Crippen molar-refractivity contribution in [2.75, 3.05) is 6.61 Å². The van der Waals surface area contributed by atoms with Crippen LogP contribution in [0.4, 0.5) is 13.2 Å². The molecular weight excluding hydrogens is 251 g/mol. The van der Waals surface area contributed by atoms with Crippen molar-refractivity contribution in [2.24, 2.45) is 0 Å². The van der Waals surface area contributed by atoms with Crippen molar-refractivity contribution in [1.29, 1.82) is 0 Å². The van der Waals surface area contributed by atoms with E-state index in [0.717, 1.165) is 0 Å². The van der Waals surface area contributed by atoms with Gasteiger partial charge in [0.05, 0.1) is 12.5 Å². The fourth-order valence-electron chi connectivity index (χ4n) is 0.952. The monoisotopic (exact) mass is 257 g/mol. The summed E-state index contributed by atoms with van der Waals surface area (Å²) in [6.07, 6.45) is -4.81. The van der Waals surface area contributed by atoms with Crippen molar-refractivity contribution in [3.63, 3.8) is 0 Å². The third-order valence-corrected chi connectivity index (χ3v) is 1.74. The van der Waals surface area contributed by atoms with Crippen LogP contribution in [-0.2, 0) is 16.8 Å². The van der Waals surface area contributed by atoms with Crippen LogP contribution < -0.4 is 0 Å². The molecule has 0 aromatic carbocycles. The summed E-state index contributed by atoms with van der Waals surface area (Å²) in [6, 6.07) is 0. The van der Waals surface area contributed by atoms with E-state index in [1.165, 1.54) is 6.92 Å². The van der Waals surface area contributed by atoms with Crippen LogP contribution in [0.15, 0.2) is 4.42 Å². The van der Waals surface area contributed by atoms with Gasteiger partial charge >= 0.3 is 12.1 Å². The lowest BCUT2D eigenvalue weighted by Crippen LogP contribution is -2.13. The van der Waals surface area contributed by atoms with E-state index in [1.807, 2.05) is 0 Å². The zero-order valence-electron chi connectivity index (χ0n) is 8.10. The van der Waals surface area contributed by atoms with Gasteiger partial charge in [0.15, 0.2) is 5.69 Å². The molecule has 0 saturated heterocycles. The van der Waals surface area contributed by atoms with E-state index in [-0.39, 0.29) is 18.4 Å². The Morgan fingerprint density at radius 2 is 2.19 bits per heavy atom. The van der Waals surface area contributed by atoms with E-state index in [2.05, 4.69) is 14.1 Å². The highest BCUT2D eigenvalue weighted by atomic mass is 35.5. The molecule has 16 heavy (non-hydrogen) atoms. The summed E-state index contributed by atoms with van der Waals surface area (Å²) in [5, 5.41) is 0. The lowest BCUT2D eigenvalue weighted by Gasteiger charge is -2.03. The first-order chi connectivity index (χ1) is 7.40. The van der Waals surface area contributed by atoms with Crippen LogP contribution in [0.1, 0.15) is 29.1 Å². The number of halogens is 4. The summed E-state index contributed by atoms with van der Waals surface area (Å²) >= 11 is 5.27. The molecule has 0 aliphatic carbocycles. The van der Waals surface area contributed by atoms with Gasteiger partial charge < -0.3 is 9.15 Å². The average Bonchev–Trinajstić information content (AvgIpc) is 2.61. The predicted molar refractivity (Wildman–Crippen MR) is 47.0 cm³/mol. The lowest BCUT2D eigenvalue weighted by atomic mass is 10.3. The Balaban J connectivity index is 3.15. The summed E-state index contributed by atoms with van der Waals surface area (Å²) in [5.74, 6) is -3.41.